The van der Waals surface area contributed by atoms with Gasteiger partial charge in [0.1, 0.15) is 10.8 Å². The van der Waals surface area contributed by atoms with Gasteiger partial charge in [-0.3, -0.25) is 9.59 Å². The van der Waals surface area contributed by atoms with E-state index in [-0.39, 0.29) is 17.2 Å². The van der Waals surface area contributed by atoms with Crippen molar-refractivity contribution in [2.75, 3.05) is 5.32 Å². The molecule has 0 radical (unpaired) electrons. The van der Waals surface area contributed by atoms with Gasteiger partial charge in [0.15, 0.2) is 0 Å². The van der Waals surface area contributed by atoms with Crippen molar-refractivity contribution < 1.29 is 9.18 Å². The Kier molecular flexibility index (Phi) is 6.97. The highest BCUT2D eigenvalue weighted by Gasteiger charge is 2.06. The van der Waals surface area contributed by atoms with Gasteiger partial charge in [0.25, 0.3) is 5.56 Å². The number of nitrogens with zero attached hydrogens (tertiary/aromatic N) is 3. The fourth-order valence-electron chi connectivity index (χ4n) is 2.02. The summed E-state index contributed by atoms with van der Waals surface area (Å²) < 4.78 is 14.2. The molecule has 1 aromatic carbocycles. The SMILES string of the molecule is CCC(=O)Nc1ccccc1F.CCc1cc(=O)n2nc(CC)sc2n1. The molecule has 0 aliphatic carbocycles. The third-order valence-electron chi connectivity index (χ3n) is 3.47. The van der Waals surface area contributed by atoms with Crippen molar-refractivity contribution in [2.24, 2.45) is 0 Å². The Morgan fingerprint density at radius 2 is 1.96 bits per heavy atom. The zero-order valence-electron chi connectivity index (χ0n) is 15.0. The van der Waals surface area contributed by atoms with Crippen LogP contribution >= 0.6 is 11.3 Å². The van der Waals surface area contributed by atoms with Crippen LogP contribution in [0.5, 0.6) is 0 Å². The predicted octanol–water partition coefficient (Wildman–Crippen LogP) is 3.45. The maximum atomic E-state index is 12.9. The zero-order chi connectivity index (χ0) is 19.1. The van der Waals surface area contributed by atoms with Crippen LogP contribution in [0.25, 0.3) is 4.96 Å². The van der Waals surface area contributed by atoms with E-state index in [1.54, 1.807) is 25.1 Å². The van der Waals surface area contributed by atoms with Gasteiger partial charge in [0.2, 0.25) is 10.9 Å². The standard InChI is InChI=1S/C9H10FNO.C9H11N3OS/c1-2-9(12)11-8-6-4-3-5-7(8)10;1-3-6-5-8(13)12-9(10-6)14-7(4-2)11-12/h3-6H,2H2,1H3,(H,11,12);5H,3-4H2,1-2H3. The molecular formula is C18H21FN4O2S. The van der Waals surface area contributed by atoms with Crippen LogP contribution in [-0.4, -0.2) is 20.5 Å². The Balaban J connectivity index is 0.000000190. The molecule has 0 aliphatic heterocycles. The molecule has 0 saturated heterocycles. The molecule has 0 saturated carbocycles. The fourth-order valence-corrected chi connectivity index (χ4v) is 2.88. The summed E-state index contributed by atoms with van der Waals surface area (Å²) in [5, 5.41) is 7.56. The molecule has 26 heavy (non-hydrogen) atoms. The van der Waals surface area contributed by atoms with Crippen LogP contribution in [0.3, 0.4) is 0 Å². The molecule has 0 spiro atoms. The Hall–Kier alpha value is -2.61. The molecule has 0 fully saturated rings. The topological polar surface area (TPSA) is 76.4 Å². The van der Waals surface area contributed by atoms with Crippen LogP contribution in [0, 0.1) is 5.82 Å². The number of aromatic nitrogens is 3. The van der Waals surface area contributed by atoms with E-state index < -0.39 is 5.82 Å². The minimum atomic E-state index is -0.403. The summed E-state index contributed by atoms with van der Waals surface area (Å²) in [4.78, 5) is 27.5. The van der Waals surface area contributed by atoms with E-state index >= 15 is 0 Å². The van der Waals surface area contributed by atoms with Crippen molar-refractivity contribution in [2.45, 2.75) is 40.0 Å². The lowest BCUT2D eigenvalue weighted by Gasteiger charge is -2.03. The number of benzene rings is 1. The van der Waals surface area contributed by atoms with Crippen molar-refractivity contribution in [1.29, 1.82) is 0 Å². The average Bonchev–Trinajstić information content (AvgIpc) is 3.08. The van der Waals surface area contributed by atoms with Gasteiger partial charge in [0, 0.05) is 18.2 Å². The summed E-state index contributed by atoms with van der Waals surface area (Å²) >= 11 is 1.48. The molecule has 0 atom stereocenters. The number of fused-ring (bicyclic) bond motifs is 1. The first-order chi connectivity index (χ1) is 12.5. The van der Waals surface area contributed by atoms with Crippen molar-refractivity contribution in [1.82, 2.24) is 14.6 Å². The number of aryl methyl sites for hydroxylation is 2. The monoisotopic (exact) mass is 376 g/mol. The van der Waals surface area contributed by atoms with Gasteiger partial charge >= 0.3 is 0 Å². The molecule has 6 nitrogen and oxygen atoms in total. The van der Waals surface area contributed by atoms with Crippen LogP contribution in [0.4, 0.5) is 10.1 Å². The van der Waals surface area contributed by atoms with Gasteiger partial charge < -0.3 is 5.32 Å². The number of anilines is 1. The number of hydrogen-bond acceptors (Lipinski definition) is 5. The first kappa shape index (κ1) is 19.7. The summed E-state index contributed by atoms with van der Waals surface area (Å²) in [5.74, 6) is -0.584. The number of para-hydroxylation sites is 1. The second-order valence-corrected chi connectivity index (χ2v) is 6.41. The number of hydrogen-bond donors (Lipinski definition) is 1. The molecule has 2 heterocycles. The summed E-state index contributed by atoms with van der Waals surface area (Å²) in [6.45, 7) is 5.72. The van der Waals surface area contributed by atoms with Crippen molar-refractivity contribution >= 4 is 27.9 Å². The van der Waals surface area contributed by atoms with E-state index in [0.717, 1.165) is 23.5 Å². The van der Waals surface area contributed by atoms with E-state index in [1.165, 1.54) is 28.0 Å². The van der Waals surface area contributed by atoms with Crippen LogP contribution in [-0.2, 0) is 17.6 Å². The summed E-state index contributed by atoms with van der Waals surface area (Å²) in [6, 6.07) is 7.64. The van der Waals surface area contributed by atoms with E-state index in [4.69, 9.17) is 0 Å². The number of nitrogens with one attached hydrogen (secondary N) is 1. The summed E-state index contributed by atoms with van der Waals surface area (Å²) in [5.41, 5.74) is 0.994. The zero-order valence-corrected chi connectivity index (χ0v) is 15.8. The van der Waals surface area contributed by atoms with Gasteiger partial charge in [-0.15, -0.1) is 0 Å². The van der Waals surface area contributed by atoms with Crippen LogP contribution in [0.2, 0.25) is 0 Å². The Morgan fingerprint density at radius 3 is 2.58 bits per heavy atom. The largest absolute Gasteiger partial charge is 0.324 e. The molecule has 0 aliphatic rings. The first-order valence-corrected chi connectivity index (χ1v) is 9.23. The van der Waals surface area contributed by atoms with E-state index in [2.05, 4.69) is 15.4 Å². The predicted molar refractivity (Wildman–Crippen MR) is 101 cm³/mol. The molecule has 138 valence electrons. The first-order valence-electron chi connectivity index (χ1n) is 8.41. The Morgan fingerprint density at radius 1 is 1.23 bits per heavy atom. The minimum Gasteiger partial charge on any atom is -0.324 e. The number of amides is 1. The third-order valence-corrected chi connectivity index (χ3v) is 4.53. The van der Waals surface area contributed by atoms with E-state index in [0.29, 0.717) is 11.4 Å². The normalized spacial score (nSPS) is 10.3. The number of halogens is 1. The lowest BCUT2D eigenvalue weighted by Crippen LogP contribution is -2.15. The molecule has 3 rings (SSSR count). The molecule has 1 N–H and O–H groups in total. The van der Waals surface area contributed by atoms with Crippen LogP contribution < -0.4 is 10.9 Å². The van der Waals surface area contributed by atoms with E-state index in [1.807, 2.05) is 13.8 Å². The molecule has 2 aromatic heterocycles. The molecule has 0 unspecified atom stereocenters. The Labute approximate surface area is 154 Å². The lowest BCUT2D eigenvalue weighted by molar-refractivity contribution is -0.115. The molecule has 3 aromatic rings. The van der Waals surface area contributed by atoms with Gasteiger partial charge in [-0.25, -0.2) is 9.37 Å². The highest BCUT2D eigenvalue weighted by atomic mass is 32.1. The molecular weight excluding hydrogens is 355 g/mol. The van der Waals surface area contributed by atoms with Gasteiger partial charge in [0.05, 0.1) is 5.69 Å². The van der Waals surface area contributed by atoms with Gasteiger partial charge in [-0.05, 0) is 25.0 Å². The van der Waals surface area contributed by atoms with Crippen molar-refractivity contribution in [3.05, 3.63) is 57.2 Å². The van der Waals surface area contributed by atoms with Crippen LogP contribution in [0.1, 0.15) is 37.9 Å². The van der Waals surface area contributed by atoms with Crippen LogP contribution in [0.15, 0.2) is 35.1 Å². The maximum Gasteiger partial charge on any atom is 0.275 e. The minimum absolute atomic E-state index is 0.0807. The molecule has 1 amide bonds. The highest BCUT2D eigenvalue weighted by molar-refractivity contribution is 7.16. The fraction of sp³-hybridized carbons (Fsp3) is 0.333. The van der Waals surface area contributed by atoms with Crippen molar-refractivity contribution in [3.8, 4) is 0 Å². The van der Waals surface area contributed by atoms with Gasteiger partial charge in [-0.2, -0.15) is 9.61 Å². The summed E-state index contributed by atoms with van der Waals surface area (Å²) in [6.07, 6.45) is 1.98. The highest BCUT2D eigenvalue weighted by Crippen LogP contribution is 2.12. The molecule has 0 bridgehead atoms. The second kappa shape index (κ2) is 9.19. The van der Waals surface area contributed by atoms with Gasteiger partial charge in [-0.1, -0.05) is 44.2 Å². The molecule has 8 heteroatoms. The second-order valence-electron chi connectivity index (χ2n) is 5.36. The van der Waals surface area contributed by atoms with E-state index in [9.17, 15) is 14.0 Å². The number of rotatable bonds is 4. The lowest BCUT2D eigenvalue weighted by atomic mass is 10.3. The average molecular weight is 376 g/mol. The quantitative estimate of drug-likeness (QED) is 0.757. The number of carbonyl (C=O) groups excluding carboxylic acids is 1. The third kappa shape index (κ3) is 4.95. The van der Waals surface area contributed by atoms with Crippen molar-refractivity contribution in [3.63, 3.8) is 0 Å². The number of carbonyl (C=O) groups is 1. The smallest absolute Gasteiger partial charge is 0.275 e. The Bertz CT molecular complexity index is 952. The summed E-state index contributed by atoms with van der Waals surface area (Å²) in [7, 11) is 0. The maximum absolute atomic E-state index is 12.9.